The molecule has 3 rings (SSSR count). The van der Waals surface area contributed by atoms with Gasteiger partial charge in [-0.25, -0.2) is 9.97 Å². The molecule has 3 aromatic rings. The summed E-state index contributed by atoms with van der Waals surface area (Å²) in [5, 5.41) is 0. The maximum Gasteiger partial charge on any atom is 0.179 e. The van der Waals surface area contributed by atoms with Gasteiger partial charge in [-0.15, -0.1) is 0 Å². The molecular formula is C18H20BN4. The summed E-state index contributed by atoms with van der Waals surface area (Å²) >= 11 is 0. The van der Waals surface area contributed by atoms with Crippen LogP contribution in [0.15, 0.2) is 42.7 Å². The van der Waals surface area contributed by atoms with Gasteiger partial charge in [0.05, 0.1) is 11.4 Å². The van der Waals surface area contributed by atoms with Crippen LogP contribution < -0.4 is 0 Å². The quantitative estimate of drug-likeness (QED) is 0.676. The summed E-state index contributed by atoms with van der Waals surface area (Å²) in [6, 6.07) is 9.89. The van der Waals surface area contributed by atoms with Gasteiger partial charge in [0, 0.05) is 26.5 Å². The van der Waals surface area contributed by atoms with Gasteiger partial charge in [-0.05, 0) is 62.2 Å². The lowest BCUT2D eigenvalue weighted by Gasteiger charge is -2.06. The zero-order valence-electron chi connectivity index (χ0n) is 12.9. The first-order valence-corrected chi connectivity index (χ1v) is 6.83. The number of rotatable bonds is 2. The molecule has 3 radical (unpaired) electrons. The largest absolute Gasteiger partial charge is 0.255 e. The first-order valence-electron chi connectivity index (χ1n) is 6.83. The van der Waals surface area contributed by atoms with Crippen LogP contribution in [0.3, 0.4) is 0 Å². The van der Waals surface area contributed by atoms with Crippen LogP contribution in [0.5, 0.6) is 0 Å². The summed E-state index contributed by atoms with van der Waals surface area (Å²) in [6.45, 7) is 6.03. The molecule has 0 amide bonds. The highest BCUT2D eigenvalue weighted by atomic mass is 14.9. The van der Waals surface area contributed by atoms with Crippen LogP contribution in [0.4, 0.5) is 0 Å². The summed E-state index contributed by atoms with van der Waals surface area (Å²) in [4.78, 5) is 17.9. The maximum absolute atomic E-state index is 4.62. The summed E-state index contributed by atoms with van der Waals surface area (Å²) in [6.07, 6.45) is 3.58. The van der Waals surface area contributed by atoms with Crippen LogP contribution in [0, 0.1) is 20.8 Å². The van der Waals surface area contributed by atoms with Crippen molar-refractivity contribution in [2.75, 3.05) is 0 Å². The Hall–Kier alpha value is -2.56. The lowest BCUT2D eigenvalue weighted by molar-refractivity contribution is 1.08. The average molecular weight is 303 g/mol. The van der Waals surface area contributed by atoms with Crippen LogP contribution in [0.2, 0.25) is 0 Å². The van der Waals surface area contributed by atoms with E-state index in [1.54, 1.807) is 12.4 Å². The number of aromatic nitrogens is 4. The van der Waals surface area contributed by atoms with Crippen molar-refractivity contribution in [1.82, 2.24) is 19.9 Å². The van der Waals surface area contributed by atoms with Crippen LogP contribution in [-0.2, 0) is 0 Å². The second kappa shape index (κ2) is 7.63. The van der Waals surface area contributed by atoms with Crippen molar-refractivity contribution in [3.05, 3.63) is 59.5 Å². The molecule has 0 aromatic carbocycles. The van der Waals surface area contributed by atoms with Crippen LogP contribution in [0.1, 0.15) is 24.2 Å². The molecule has 5 heteroatoms. The van der Waals surface area contributed by atoms with E-state index in [1.807, 2.05) is 51.1 Å². The Morgan fingerprint density at radius 2 is 1.26 bits per heavy atom. The van der Waals surface area contributed by atoms with Gasteiger partial charge in [0.2, 0.25) is 0 Å². The van der Waals surface area contributed by atoms with E-state index in [0.29, 0.717) is 5.82 Å². The summed E-state index contributed by atoms with van der Waals surface area (Å²) in [5.74, 6) is 0.636. The molecule has 115 valence electrons. The lowest BCUT2D eigenvalue weighted by atomic mass is 10.2. The van der Waals surface area contributed by atoms with Gasteiger partial charge in [-0.1, -0.05) is 7.43 Å². The van der Waals surface area contributed by atoms with Gasteiger partial charge in [-0.2, -0.15) is 0 Å². The van der Waals surface area contributed by atoms with Crippen LogP contribution >= 0.6 is 0 Å². The molecule has 0 bridgehead atoms. The van der Waals surface area contributed by atoms with Crippen molar-refractivity contribution >= 4 is 8.41 Å². The number of hydrogen-bond donors (Lipinski definition) is 0. The Bertz CT molecular complexity index is 739. The van der Waals surface area contributed by atoms with E-state index >= 15 is 0 Å². The third-order valence-corrected chi connectivity index (χ3v) is 3.18. The Balaban J connectivity index is 0.00000132. The molecule has 0 aliphatic carbocycles. The number of nitrogens with zero attached hydrogens (tertiary/aromatic N) is 4. The molecule has 0 atom stereocenters. The monoisotopic (exact) mass is 303 g/mol. The predicted molar refractivity (Wildman–Crippen MR) is 95.2 cm³/mol. The zero-order chi connectivity index (χ0) is 14.8. The first-order chi connectivity index (χ1) is 10.1. The first kappa shape index (κ1) is 18.5. The van der Waals surface area contributed by atoms with E-state index in [9.17, 15) is 0 Å². The topological polar surface area (TPSA) is 51.6 Å². The molecular weight excluding hydrogens is 283 g/mol. The van der Waals surface area contributed by atoms with E-state index in [-0.39, 0.29) is 15.8 Å². The van der Waals surface area contributed by atoms with Crippen molar-refractivity contribution in [3.8, 4) is 22.9 Å². The Morgan fingerprint density at radius 3 is 1.87 bits per heavy atom. The minimum atomic E-state index is 0. The molecule has 0 N–H and O–H groups in total. The smallest absolute Gasteiger partial charge is 0.179 e. The normalized spacial score (nSPS) is 9.70. The fourth-order valence-electron chi connectivity index (χ4n) is 2.15. The summed E-state index contributed by atoms with van der Waals surface area (Å²) in [5.41, 5.74) is 5.67. The van der Waals surface area contributed by atoms with Gasteiger partial charge < -0.3 is 0 Å². The van der Waals surface area contributed by atoms with Crippen molar-refractivity contribution in [1.29, 1.82) is 0 Å². The average Bonchev–Trinajstić information content (AvgIpc) is 2.46. The minimum Gasteiger partial charge on any atom is -0.255 e. The van der Waals surface area contributed by atoms with Crippen molar-refractivity contribution in [2.45, 2.75) is 28.2 Å². The molecule has 4 nitrogen and oxygen atoms in total. The maximum atomic E-state index is 4.62. The predicted octanol–water partition coefficient (Wildman–Crippen LogP) is 3.78. The molecule has 0 spiro atoms. The molecule has 0 saturated carbocycles. The van der Waals surface area contributed by atoms with Crippen molar-refractivity contribution < 1.29 is 0 Å². The highest BCUT2D eigenvalue weighted by molar-refractivity contribution is 5.75. The lowest BCUT2D eigenvalue weighted by Crippen LogP contribution is -1.98. The SMILES string of the molecule is C.Cc1ccnc(-c2cc(C)nc(-c3cc(C)ccn3)n2)c1.[B]. The van der Waals surface area contributed by atoms with E-state index in [4.69, 9.17) is 0 Å². The van der Waals surface area contributed by atoms with Crippen LogP contribution in [-0.4, -0.2) is 28.3 Å². The molecule has 3 aromatic heterocycles. The second-order valence-corrected chi connectivity index (χ2v) is 5.16. The van der Waals surface area contributed by atoms with Crippen LogP contribution in [0.25, 0.3) is 22.9 Å². The molecule has 3 heterocycles. The highest BCUT2D eigenvalue weighted by Crippen LogP contribution is 2.20. The molecule has 0 saturated heterocycles. The van der Waals surface area contributed by atoms with Gasteiger partial charge in [0.15, 0.2) is 5.82 Å². The molecule has 23 heavy (non-hydrogen) atoms. The van der Waals surface area contributed by atoms with Crippen molar-refractivity contribution in [3.63, 3.8) is 0 Å². The second-order valence-electron chi connectivity index (χ2n) is 5.16. The third kappa shape index (κ3) is 4.22. The molecule has 0 unspecified atom stereocenters. The van der Waals surface area contributed by atoms with E-state index in [0.717, 1.165) is 33.9 Å². The zero-order valence-corrected chi connectivity index (χ0v) is 12.9. The fraction of sp³-hybridized carbons (Fsp3) is 0.222. The van der Waals surface area contributed by atoms with E-state index in [2.05, 4.69) is 19.9 Å². The Morgan fingerprint density at radius 1 is 0.696 bits per heavy atom. The fourth-order valence-corrected chi connectivity index (χ4v) is 2.15. The van der Waals surface area contributed by atoms with Crippen molar-refractivity contribution in [2.24, 2.45) is 0 Å². The standard InChI is InChI=1S/C17H16N4.CH4.B/c1-11-4-6-18-14(8-11)15-10-13(3)20-17(21-15)16-9-12(2)5-7-19-16;;/h4-10H,1-3H3;1H4;. The number of pyridine rings is 2. The minimum absolute atomic E-state index is 0. The van der Waals surface area contributed by atoms with Gasteiger partial charge in [0.1, 0.15) is 5.69 Å². The summed E-state index contributed by atoms with van der Waals surface area (Å²) < 4.78 is 0. The van der Waals surface area contributed by atoms with Gasteiger partial charge >= 0.3 is 0 Å². The van der Waals surface area contributed by atoms with E-state index in [1.165, 1.54) is 0 Å². The number of hydrogen-bond acceptors (Lipinski definition) is 4. The highest BCUT2D eigenvalue weighted by Gasteiger charge is 2.09. The molecule has 0 aliphatic rings. The van der Waals surface area contributed by atoms with Gasteiger partial charge in [0.25, 0.3) is 0 Å². The Kier molecular flexibility index (Phi) is 6.14. The molecule has 0 fully saturated rings. The number of aryl methyl sites for hydroxylation is 3. The third-order valence-electron chi connectivity index (χ3n) is 3.18. The van der Waals surface area contributed by atoms with E-state index < -0.39 is 0 Å². The molecule has 0 aliphatic heterocycles. The van der Waals surface area contributed by atoms with Gasteiger partial charge in [-0.3, -0.25) is 9.97 Å². The Labute approximate surface area is 139 Å². The summed E-state index contributed by atoms with van der Waals surface area (Å²) in [7, 11) is 0.